The average Bonchev–Trinajstić information content (AvgIpc) is 3.32. The first kappa shape index (κ1) is 24.1. The molecule has 0 N–H and O–H groups in total. The molecule has 3 heteroatoms. The molecule has 36 heavy (non-hydrogen) atoms. The number of ether oxygens (including phenoxy) is 1. The summed E-state index contributed by atoms with van der Waals surface area (Å²) in [6.07, 6.45) is 9.19. The summed E-state index contributed by atoms with van der Waals surface area (Å²) in [7, 11) is 0. The van der Waals surface area contributed by atoms with E-state index >= 15 is 0 Å². The maximum atomic E-state index is 6.02. The lowest BCUT2D eigenvalue weighted by Gasteiger charge is -2.32. The Kier molecular flexibility index (Phi) is 7.09. The number of anilines is 1. The minimum atomic E-state index is 0.157. The summed E-state index contributed by atoms with van der Waals surface area (Å²) in [5.41, 5.74) is 7.87. The van der Waals surface area contributed by atoms with Gasteiger partial charge in [-0.25, -0.2) is 0 Å². The molecule has 3 nitrogen and oxygen atoms in total. The van der Waals surface area contributed by atoms with Crippen LogP contribution in [0.5, 0.6) is 5.75 Å². The third-order valence-electron chi connectivity index (χ3n) is 7.45. The van der Waals surface area contributed by atoms with E-state index in [1.807, 2.05) is 18.2 Å². The van der Waals surface area contributed by atoms with Gasteiger partial charge in [-0.05, 0) is 78.6 Å². The number of benzene rings is 3. The predicted octanol–water partition coefficient (Wildman–Crippen LogP) is 8.66. The molecular formula is C33H36N2O. The van der Waals surface area contributed by atoms with Gasteiger partial charge in [0.2, 0.25) is 0 Å². The maximum absolute atomic E-state index is 6.02. The second-order valence-corrected chi connectivity index (χ2v) is 10.6. The van der Waals surface area contributed by atoms with Crippen molar-refractivity contribution in [3.63, 3.8) is 0 Å². The average molecular weight is 477 g/mol. The first-order valence-corrected chi connectivity index (χ1v) is 13.1. The topological polar surface area (TPSA) is 24.8 Å². The molecule has 2 aliphatic rings. The molecule has 1 unspecified atom stereocenters. The van der Waals surface area contributed by atoms with Gasteiger partial charge < -0.3 is 4.74 Å². The normalized spacial score (nSPS) is 19.6. The number of nitrogens with zero attached hydrogens (tertiary/aromatic N) is 2. The Hall–Kier alpha value is -3.59. The molecule has 1 aliphatic carbocycles. The first-order valence-electron chi connectivity index (χ1n) is 13.1. The van der Waals surface area contributed by atoms with Crippen LogP contribution in [0, 0.1) is 5.41 Å². The number of hydrogen-bond donors (Lipinski definition) is 0. The molecule has 0 saturated heterocycles. The van der Waals surface area contributed by atoms with Gasteiger partial charge in [-0.3, -0.25) is 5.01 Å². The standard InChI is InChI=1S/C33H36N2O/c1-25-11-10-22-33(2,3)31(25)21-18-28-23-32(35(34-28)29-14-8-5-9-15-29)27-16-19-30(20-17-27)36-24-26-12-6-4-7-13-26/h4-9,12-21,32H,10-11,22-24H2,1-3H3/b21-18+. The Bertz CT molecular complexity index is 1250. The van der Waals surface area contributed by atoms with E-state index in [1.54, 1.807) is 0 Å². The fourth-order valence-corrected chi connectivity index (χ4v) is 5.43. The molecule has 3 aromatic carbocycles. The monoisotopic (exact) mass is 476 g/mol. The van der Waals surface area contributed by atoms with E-state index in [9.17, 15) is 0 Å². The van der Waals surface area contributed by atoms with Crippen LogP contribution >= 0.6 is 0 Å². The molecule has 1 aliphatic heterocycles. The van der Waals surface area contributed by atoms with Gasteiger partial charge in [0.1, 0.15) is 12.4 Å². The van der Waals surface area contributed by atoms with Gasteiger partial charge in [0.25, 0.3) is 0 Å². The number of allylic oxidation sites excluding steroid dienone is 4. The summed E-state index contributed by atoms with van der Waals surface area (Å²) in [4.78, 5) is 0. The van der Waals surface area contributed by atoms with Crippen molar-refractivity contribution in [3.8, 4) is 5.75 Å². The fourth-order valence-electron chi connectivity index (χ4n) is 5.43. The van der Waals surface area contributed by atoms with Gasteiger partial charge in [0.15, 0.2) is 0 Å². The quantitative estimate of drug-likeness (QED) is 0.341. The van der Waals surface area contributed by atoms with Gasteiger partial charge in [0, 0.05) is 6.42 Å². The van der Waals surface area contributed by atoms with Crippen LogP contribution in [-0.4, -0.2) is 5.71 Å². The van der Waals surface area contributed by atoms with Crippen molar-refractivity contribution in [1.82, 2.24) is 0 Å². The van der Waals surface area contributed by atoms with Crippen molar-refractivity contribution >= 4 is 11.4 Å². The van der Waals surface area contributed by atoms with E-state index in [4.69, 9.17) is 9.84 Å². The number of para-hydroxylation sites is 1. The highest BCUT2D eigenvalue weighted by atomic mass is 16.5. The molecule has 0 radical (unpaired) electrons. The molecule has 0 saturated carbocycles. The zero-order chi connectivity index (χ0) is 25.0. The van der Waals surface area contributed by atoms with Crippen molar-refractivity contribution < 1.29 is 4.74 Å². The van der Waals surface area contributed by atoms with Crippen molar-refractivity contribution in [3.05, 3.63) is 119 Å². The highest BCUT2D eigenvalue weighted by Gasteiger charge is 2.30. The van der Waals surface area contributed by atoms with Crippen LogP contribution in [0.25, 0.3) is 0 Å². The van der Waals surface area contributed by atoms with Crippen LogP contribution in [0.15, 0.2) is 113 Å². The molecule has 0 aromatic heterocycles. The molecule has 3 aromatic rings. The molecule has 1 atom stereocenters. The summed E-state index contributed by atoms with van der Waals surface area (Å²) in [5.74, 6) is 0.884. The van der Waals surface area contributed by atoms with Crippen LogP contribution in [0.4, 0.5) is 5.69 Å². The SMILES string of the molecule is CC1=C(/C=C/C2=NN(c3ccccc3)C(c3ccc(OCc4ccccc4)cc3)C2)C(C)(C)CCC1. The second-order valence-electron chi connectivity index (χ2n) is 10.6. The van der Waals surface area contributed by atoms with Crippen LogP contribution in [0.2, 0.25) is 0 Å². The number of hydrazone groups is 1. The summed E-state index contributed by atoms with van der Waals surface area (Å²) in [6.45, 7) is 7.60. The third-order valence-corrected chi connectivity index (χ3v) is 7.45. The summed E-state index contributed by atoms with van der Waals surface area (Å²) < 4.78 is 6.02. The Balaban J connectivity index is 1.35. The molecule has 0 fully saturated rings. The zero-order valence-corrected chi connectivity index (χ0v) is 21.7. The highest BCUT2D eigenvalue weighted by Crippen LogP contribution is 2.41. The molecular weight excluding hydrogens is 440 g/mol. The van der Waals surface area contributed by atoms with E-state index in [0.717, 1.165) is 23.6 Å². The van der Waals surface area contributed by atoms with Crippen LogP contribution < -0.4 is 9.75 Å². The summed E-state index contributed by atoms with van der Waals surface area (Å²) >= 11 is 0. The van der Waals surface area contributed by atoms with Gasteiger partial charge in [-0.2, -0.15) is 5.10 Å². The summed E-state index contributed by atoms with van der Waals surface area (Å²) in [6, 6.07) is 29.4. The zero-order valence-electron chi connectivity index (χ0n) is 21.7. The smallest absolute Gasteiger partial charge is 0.119 e. The Morgan fingerprint density at radius 1 is 0.917 bits per heavy atom. The van der Waals surface area contributed by atoms with Crippen molar-refractivity contribution in [1.29, 1.82) is 0 Å². The number of rotatable bonds is 7. The Morgan fingerprint density at radius 2 is 1.61 bits per heavy atom. The minimum absolute atomic E-state index is 0.157. The van der Waals surface area contributed by atoms with Crippen molar-refractivity contribution in [2.75, 3.05) is 5.01 Å². The van der Waals surface area contributed by atoms with Crippen LogP contribution in [-0.2, 0) is 6.61 Å². The lowest BCUT2D eigenvalue weighted by atomic mass is 9.72. The largest absolute Gasteiger partial charge is 0.489 e. The lowest BCUT2D eigenvalue weighted by Crippen LogP contribution is -2.19. The highest BCUT2D eigenvalue weighted by molar-refractivity contribution is 5.98. The van der Waals surface area contributed by atoms with Gasteiger partial charge in [0.05, 0.1) is 17.4 Å². The van der Waals surface area contributed by atoms with Crippen molar-refractivity contribution in [2.45, 2.75) is 59.1 Å². The van der Waals surface area contributed by atoms with Gasteiger partial charge in [-0.1, -0.05) is 86.2 Å². The lowest BCUT2D eigenvalue weighted by molar-refractivity contribution is 0.306. The Morgan fingerprint density at radius 3 is 2.31 bits per heavy atom. The third kappa shape index (κ3) is 5.46. The van der Waals surface area contributed by atoms with Gasteiger partial charge in [-0.15, -0.1) is 0 Å². The van der Waals surface area contributed by atoms with E-state index in [-0.39, 0.29) is 11.5 Å². The number of hydrogen-bond acceptors (Lipinski definition) is 3. The second kappa shape index (κ2) is 10.6. The minimum Gasteiger partial charge on any atom is -0.489 e. The van der Waals surface area contributed by atoms with E-state index < -0.39 is 0 Å². The molecule has 184 valence electrons. The van der Waals surface area contributed by atoms with E-state index in [1.165, 1.54) is 41.5 Å². The van der Waals surface area contributed by atoms with Gasteiger partial charge >= 0.3 is 0 Å². The van der Waals surface area contributed by atoms with Crippen LogP contribution in [0.3, 0.4) is 0 Å². The molecule has 1 heterocycles. The van der Waals surface area contributed by atoms with E-state index in [0.29, 0.717) is 6.61 Å². The Labute approximate surface area is 215 Å². The summed E-state index contributed by atoms with van der Waals surface area (Å²) in [5, 5.41) is 7.25. The van der Waals surface area contributed by atoms with Crippen molar-refractivity contribution in [2.24, 2.45) is 10.5 Å². The molecule has 5 rings (SSSR count). The molecule has 0 bridgehead atoms. The van der Waals surface area contributed by atoms with E-state index in [2.05, 4.69) is 105 Å². The van der Waals surface area contributed by atoms with Crippen LogP contribution in [0.1, 0.15) is 63.6 Å². The molecule has 0 amide bonds. The molecule has 0 spiro atoms. The maximum Gasteiger partial charge on any atom is 0.119 e. The predicted molar refractivity (Wildman–Crippen MR) is 150 cm³/mol. The first-order chi connectivity index (χ1) is 17.5. The fraction of sp³-hybridized carbons (Fsp3) is 0.303.